The number of nitrogens with one attached hydrogen (secondary N) is 2. The van der Waals surface area contributed by atoms with Gasteiger partial charge in [-0.2, -0.15) is 5.10 Å². The van der Waals surface area contributed by atoms with Crippen LogP contribution in [0.4, 0.5) is 4.79 Å². The first-order chi connectivity index (χ1) is 12.0. The van der Waals surface area contributed by atoms with Crippen molar-refractivity contribution in [2.24, 2.45) is 0 Å². The second kappa shape index (κ2) is 7.09. The number of amides is 2. The molecule has 0 radical (unpaired) electrons. The van der Waals surface area contributed by atoms with Crippen LogP contribution in [0.1, 0.15) is 43.1 Å². The Morgan fingerprint density at radius 3 is 2.76 bits per heavy atom. The molecule has 2 aromatic rings. The summed E-state index contributed by atoms with van der Waals surface area (Å²) in [7, 11) is 0. The highest BCUT2D eigenvalue weighted by molar-refractivity contribution is 5.74. The van der Waals surface area contributed by atoms with E-state index in [0.29, 0.717) is 0 Å². The van der Waals surface area contributed by atoms with E-state index in [9.17, 15) is 4.79 Å². The number of hydrogen-bond donors (Lipinski definition) is 2. The van der Waals surface area contributed by atoms with Crippen LogP contribution in [-0.4, -0.2) is 32.9 Å². The van der Waals surface area contributed by atoms with Gasteiger partial charge < -0.3 is 10.6 Å². The quantitative estimate of drug-likeness (QED) is 0.841. The average Bonchev–Trinajstić information content (AvgIpc) is 3.11. The molecule has 2 amide bonds. The van der Waals surface area contributed by atoms with Crippen molar-refractivity contribution in [3.05, 3.63) is 53.5 Å². The van der Waals surface area contributed by atoms with Crippen LogP contribution in [0.5, 0.6) is 0 Å². The lowest BCUT2D eigenvalue weighted by Gasteiger charge is -2.16. The van der Waals surface area contributed by atoms with Crippen molar-refractivity contribution in [3.8, 4) is 5.82 Å². The Kier molecular flexibility index (Phi) is 4.88. The van der Waals surface area contributed by atoms with Gasteiger partial charge >= 0.3 is 6.03 Å². The normalized spacial score (nSPS) is 19.4. The zero-order chi connectivity index (χ0) is 18.0. The van der Waals surface area contributed by atoms with Gasteiger partial charge in [-0.3, -0.25) is 0 Å². The van der Waals surface area contributed by atoms with Gasteiger partial charge in [0.1, 0.15) is 0 Å². The Labute approximate surface area is 148 Å². The molecule has 1 aliphatic rings. The lowest BCUT2D eigenvalue weighted by atomic mass is 9.96. The van der Waals surface area contributed by atoms with Crippen molar-refractivity contribution in [3.63, 3.8) is 0 Å². The van der Waals surface area contributed by atoms with Gasteiger partial charge in [-0.05, 0) is 46.2 Å². The molecule has 6 nitrogen and oxygen atoms in total. The van der Waals surface area contributed by atoms with Gasteiger partial charge in [-0.1, -0.05) is 18.2 Å². The first-order valence-corrected chi connectivity index (χ1v) is 8.68. The molecule has 2 N–H and O–H groups in total. The molecule has 0 bridgehead atoms. The van der Waals surface area contributed by atoms with Crippen molar-refractivity contribution in [1.29, 1.82) is 0 Å². The van der Waals surface area contributed by atoms with Crippen LogP contribution in [0, 0.1) is 13.8 Å². The zero-order valence-corrected chi connectivity index (χ0v) is 15.2. The lowest BCUT2D eigenvalue weighted by Crippen LogP contribution is -2.43. The van der Waals surface area contributed by atoms with Crippen LogP contribution in [0.3, 0.4) is 0 Å². The number of hydrogen-bond acceptors (Lipinski definition) is 3. The number of carbonyl (C=O) groups is 1. The highest BCUT2D eigenvalue weighted by Crippen LogP contribution is 2.33. The highest BCUT2D eigenvalue weighted by Gasteiger charge is 2.27. The molecule has 0 spiro atoms. The molecule has 2 aromatic heterocycles. The molecule has 0 unspecified atom stereocenters. The van der Waals surface area contributed by atoms with Crippen molar-refractivity contribution in [2.45, 2.75) is 52.1 Å². The molecule has 0 saturated carbocycles. The first kappa shape index (κ1) is 17.2. The van der Waals surface area contributed by atoms with Crippen molar-refractivity contribution >= 4 is 6.03 Å². The van der Waals surface area contributed by atoms with Crippen molar-refractivity contribution < 1.29 is 4.79 Å². The zero-order valence-electron chi connectivity index (χ0n) is 15.2. The lowest BCUT2D eigenvalue weighted by molar-refractivity contribution is 0.236. The maximum Gasteiger partial charge on any atom is 0.315 e. The van der Waals surface area contributed by atoms with Crippen LogP contribution in [0.25, 0.3) is 5.82 Å². The van der Waals surface area contributed by atoms with Crippen LogP contribution < -0.4 is 10.6 Å². The Bertz CT molecular complexity index is 779. The summed E-state index contributed by atoms with van der Waals surface area (Å²) >= 11 is 0. The minimum absolute atomic E-state index is 0.0424. The summed E-state index contributed by atoms with van der Waals surface area (Å²) in [4.78, 5) is 16.3. The van der Waals surface area contributed by atoms with Gasteiger partial charge in [-0.15, -0.1) is 0 Å². The summed E-state index contributed by atoms with van der Waals surface area (Å²) in [5.74, 6) is 1.07. The standard InChI is InChI=1S/C19H25N5O/c1-12(2)21-19(25)22-16-9-8-15(11-16)18-13(3)23-24(14(18)4)17-7-5-6-10-20-17/h5-10,12,15-16H,11H2,1-4H3,(H2,21,22,25)/t15-,16+/m0/s1. The van der Waals surface area contributed by atoms with Crippen molar-refractivity contribution in [2.75, 3.05) is 0 Å². The van der Waals surface area contributed by atoms with E-state index in [2.05, 4.69) is 39.8 Å². The summed E-state index contributed by atoms with van der Waals surface area (Å²) in [6, 6.07) is 5.86. The van der Waals surface area contributed by atoms with Crippen LogP contribution >= 0.6 is 0 Å². The summed E-state index contributed by atoms with van der Waals surface area (Å²) < 4.78 is 1.89. The average molecular weight is 339 g/mol. The number of urea groups is 1. The maximum atomic E-state index is 11.9. The number of aryl methyl sites for hydroxylation is 1. The van der Waals surface area contributed by atoms with Gasteiger partial charge in [-0.25, -0.2) is 14.5 Å². The molecule has 1 aliphatic carbocycles. The second-order valence-electron chi connectivity index (χ2n) is 6.79. The Hall–Kier alpha value is -2.63. The van der Waals surface area contributed by atoms with Crippen LogP contribution in [0.2, 0.25) is 0 Å². The largest absolute Gasteiger partial charge is 0.336 e. The monoisotopic (exact) mass is 339 g/mol. The molecule has 0 aromatic carbocycles. The summed E-state index contributed by atoms with van der Waals surface area (Å²) in [5.41, 5.74) is 3.32. The van der Waals surface area contributed by atoms with Gasteiger partial charge in [0.05, 0.1) is 5.69 Å². The topological polar surface area (TPSA) is 71.8 Å². The Morgan fingerprint density at radius 2 is 2.08 bits per heavy atom. The van der Waals surface area contributed by atoms with E-state index in [4.69, 9.17) is 0 Å². The molecule has 0 aliphatic heterocycles. The Morgan fingerprint density at radius 1 is 1.28 bits per heavy atom. The van der Waals surface area contributed by atoms with Crippen LogP contribution in [0.15, 0.2) is 36.5 Å². The number of pyridine rings is 1. The summed E-state index contributed by atoms with van der Waals surface area (Å²) in [6.07, 6.45) is 6.86. The van der Waals surface area contributed by atoms with Gasteiger partial charge in [0.15, 0.2) is 5.82 Å². The van der Waals surface area contributed by atoms with Gasteiger partial charge in [0.25, 0.3) is 0 Å². The van der Waals surface area contributed by atoms with E-state index in [-0.39, 0.29) is 24.0 Å². The fraction of sp³-hybridized carbons (Fsp3) is 0.421. The smallest absolute Gasteiger partial charge is 0.315 e. The number of carbonyl (C=O) groups excluding carboxylic acids is 1. The molecular formula is C19H25N5O. The summed E-state index contributed by atoms with van der Waals surface area (Å²) in [5, 5.41) is 10.5. The number of allylic oxidation sites excluding steroid dienone is 1. The molecule has 0 fully saturated rings. The molecule has 3 rings (SSSR count). The van der Waals surface area contributed by atoms with E-state index < -0.39 is 0 Å². The predicted molar refractivity (Wildman–Crippen MR) is 97.9 cm³/mol. The molecule has 2 heterocycles. The van der Waals surface area contributed by atoms with E-state index in [1.807, 2.05) is 43.7 Å². The first-order valence-electron chi connectivity index (χ1n) is 8.68. The third kappa shape index (κ3) is 3.73. The van der Waals surface area contributed by atoms with Crippen molar-refractivity contribution in [1.82, 2.24) is 25.4 Å². The predicted octanol–water partition coefficient (Wildman–Crippen LogP) is 3.00. The van der Waals surface area contributed by atoms with Crippen LogP contribution in [-0.2, 0) is 0 Å². The molecule has 25 heavy (non-hydrogen) atoms. The fourth-order valence-corrected chi connectivity index (χ4v) is 3.39. The minimum atomic E-state index is -0.122. The molecular weight excluding hydrogens is 314 g/mol. The van der Waals surface area contributed by atoms with E-state index in [1.54, 1.807) is 6.20 Å². The summed E-state index contributed by atoms with van der Waals surface area (Å²) in [6.45, 7) is 8.00. The number of aromatic nitrogens is 3. The molecule has 0 saturated heterocycles. The number of nitrogens with zero attached hydrogens (tertiary/aromatic N) is 3. The third-order valence-electron chi connectivity index (χ3n) is 4.40. The minimum Gasteiger partial charge on any atom is -0.336 e. The molecule has 132 valence electrons. The number of rotatable bonds is 4. The maximum absolute atomic E-state index is 11.9. The SMILES string of the molecule is Cc1nn(-c2ccccn2)c(C)c1[C@H]1C=C[C@@H](NC(=O)NC(C)C)C1. The fourth-order valence-electron chi connectivity index (χ4n) is 3.39. The van der Waals surface area contributed by atoms with Gasteiger partial charge in [0, 0.05) is 35.5 Å². The molecule has 6 heteroatoms. The third-order valence-corrected chi connectivity index (χ3v) is 4.40. The molecule has 2 atom stereocenters. The Balaban J connectivity index is 1.75. The second-order valence-corrected chi connectivity index (χ2v) is 6.79. The van der Waals surface area contributed by atoms with Gasteiger partial charge in [0.2, 0.25) is 0 Å². The highest BCUT2D eigenvalue weighted by atomic mass is 16.2. The van der Waals surface area contributed by atoms with E-state index in [0.717, 1.165) is 23.6 Å². The van der Waals surface area contributed by atoms with E-state index in [1.165, 1.54) is 5.56 Å². The van der Waals surface area contributed by atoms with E-state index >= 15 is 0 Å².